The summed E-state index contributed by atoms with van der Waals surface area (Å²) >= 11 is 0. The van der Waals surface area contributed by atoms with Crippen LogP contribution in [-0.2, 0) is 21.4 Å². The maximum absolute atomic E-state index is 13.4. The van der Waals surface area contributed by atoms with Crippen LogP contribution in [0.2, 0.25) is 0 Å². The number of carbonyl (C=O) groups is 1. The number of ketones is 1. The molecule has 7 rings (SSSR count). The molecule has 3 saturated carbocycles. The SMILES string of the molecule is CCCC(=O)[C@H]1C[C@@]23CC[C@]1(OC)[C@@H]1Oc4c(C)ccc5c4[C@@]12CCN(C)[C@@H]3C5. The molecule has 2 heterocycles. The molecule has 4 bridgehead atoms. The summed E-state index contributed by atoms with van der Waals surface area (Å²) in [4.78, 5) is 16.0. The van der Waals surface area contributed by atoms with Gasteiger partial charge in [0, 0.05) is 36.0 Å². The standard InChI is InChI=1S/C25H33NO3/c1-5-6-18(27)17-14-23-9-10-25(17,28-4)22-24(23)11-12-26(3)19(23)13-16-8-7-15(2)21(29-22)20(16)24/h7-8,17,19,22H,5-6,9-14H2,1-4H3/t17-,19-,22-,23-,24+,25-/m1/s1. The van der Waals surface area contributed by atoms with Gasteiger partial charge in [0.05, 0.1) is 5.92 Å². The molecule has 6 atom stereocenters. The molecule has 0 radical (unpaired) electrons. The first-order valence-electron chi connectivity index (χ1n) is 11.5. The summed E-state index contributed by atoms with van der Waals surface area (Å²) in [5.74, 6) is 1.47. The van der Waals surface area contributed by atoms with E-state index in [1.165, 1.54) is 16.7 Å². The largest absolute Gasteiger partial charge is 0.486 e. The maximum atomic E-state index is 13.4. The third kappa shape index (κ3) is 1.80. The van der Waals surface area contributed by atoms with Crippen LogP contribution in [0.5, 0.6) is 5.75 Å². The number of ether oxygens (including phenoxy) is 2. The highest BCUT2D eigenvalue weighted by atomic mass is 16.6. The molecule has 0 unspecified atom stereocenters. The summed E-state index contributed by atoms with van der Waals surface area (Å²) in [5.41, 5.74) is 3.87. The molecule has 0 amide bonds. The third-order valence-electron chi connectivity index (χ3n) is 9.73. The zero-order valence-corrected chi connectivity index (χ0v) is 18.2. The smallest absolute Gasteiger partial charge is 0.139 e. The van der Waals surface area contributed by atoms with Crippen LogP contribution in [0.1, 0.15) is 62.1 Å². The second-order valence-electron chi connectivity index (χ2n) is 10.5. The number of hydrogen-bond acceptors (Lipinski definition) is 4. The minimum atomic E-state index is -0.478. The van der Waals surface area contributed by atoms with E-state index in [0.717, 1.165) is 50.8 Å². The zero-order valence-electron chi connectivity index (χ0n) is 18.2. The van der Waals surface area contributed by atoms with Crippen molar-refractivity contribution in [3.63, 3.8) is 0 Å². The predicted octanol–water partition coefficient (Wildman–Crippen LogP) is 3.81. The molecule has 4 heteroatoms. The summed E-state index contributed by atoms with van der Waals surface area (Å²) in [6.07, 6.45) is 6.82. The molecule has 4 nitrogen and oxygen atoms in total. The monoisotopic (exact) mass is 395 g/mol. The normalized spacial score (nSPS) is 43.8. The van der Waals surface area contributed by atoms with Gasteiger partial charge in [0.15, 0.2) is 0 Å². The van der Waals surface area contributed by atoms with Crippen molar-refractivity contribution in [2.45, 2.75) is 82.0 Å². The van der Waals surface area contributed by atoms with Gasteiger partial charge in [0.2, 0.25) is 0 Å². The van der Waals surface area contributed by atoms with Crippen LogP contribution in [0.4, 0.5) is 0 Å². The number of rotatable bonds is 4. The lowest BCUT2D eigenvalue weighted by Gasteiger charge is -2.73. The Labute approximate surface area is 173 Å². The van der Waals surface area contributed by atoms with Crippen molar-refractivity contribution >= 4 is 5.78 Å². The lowest BCUT2D eigenvalue weighted by Crippen LogP contribution is -2.81. The Bertz CT molecular complexity index is 912. The number of benzene rings is 1. The molecule has 4 fully saturated rings. The molecule has 1 aromatic rings. The number of likely N-dealkylation sites (tertiary alicyclic amines) is 1. The summed E-state index contributed by atoms with van der Waals surface area (Å²) in [7, 11) is 4.13. The van der Waals surface area contributed by atoms with Crippen molar-refractivity contribution in [1.29, 1.82) is 0 Å². The average molecular weight is 396 g/mol. The van der Waals surface area contributed by atoms with Crippen LogP contribution in [0.15, 0.2) is 12.1 Å². The van der Waals surface area contributed by atoms with Gasteiger partial charge in [-0.25, -0.2) is 0 Å². The minimum Gasteiger partial charge on any atom is -0.486 e. The molecule has 2 spiro atoms. The third-order valence-corrected chi connectivity index (χ3v) is 9.73. The van der Waals surface area contributed by atoms with Crippen LogP contribution in [-0.4, -0.2) is 49.1 Å². The van der Waals surface area contributed by atoms with Crippen molar-refractivity contribution in [1.82, 2.24) is 4.90 Å². The molecule has 0 N–H and O–H groups in total. The number of nitrogens with zero attached hydrogens (tertiary/aromatic N) is 1. The number of likely N-dealkylation sites (N-methyl/N-ethyl adjacent to an activating group) is 1. The lowest BCUT2D eigenvalue weighted by atomic mass is 9.34. The van der Waals surface area contributed by atoms with Crippen molar-refractivity contribution in [2.75, 3.05) is 20.7 Å². The fourth-order valence-corrected chi connectivity index (χ4v) is 8.62. The molecule has 0 aromatic heterocycles. The van der Waals surface area contributed by atoms with Crippen molar-refractivity contribution in [2.24, 2.45) is 11.3 Å². The van der Waals surface area contributed by atoms with E-state index >= 15 is 0 Å². The van der Waals surface area contributed by atoms with Gasteiger partial charge in [0.1, 0.15) is 23.2 Å². The van der Waals surface area contributed by atoms with E-state index in [1.54, 1.807) is 0 Å². The summed E-state index contributed by atoms with van der Waals surface area (Å²) in [5, 5.41) is 0. The highest BCUT2D eigenvalue weighted by Crippen LogP contribution is 2.76. The van der Waals surface area contributed by atoms with Crippen molar-refractivity contribution in [3.8, 4) is 5.75 Å². The van der Waals surface area contributed by atoms with Crippen LogP contribution in [0, 0.1) is 18.3 Å². The summed E-state index contributed by atoms with van der Waals surface area (Å²) in [6, 6.07) is 5.08. The highest BCUT2D eigenvalue weighted by molar-refractivity contribution is 5.83. The first kappa shape index (κ1) is 18.4. The number of methoxy groups -OCH3 is 1. The lowest BCUT2D eigenvalue weighted by molar-refractivity contribution is -0.270. The first-order chi connectivity index (χ1) is 13.9. The quantitative estimate of drug-likeness (QED) is 0.777. The van der Waals surface area contributed by atoms with E-state index in [1.807, 2.05) is 7.11 Å². The molecule has 4 aliphatic carbocycles. The molecule has 2 aliphatic heterocycles. The van der Waals surface area contributed by atoms with Gasteiger partial charge >= 0.3 is 0 Å². The maximum Gasteiger partial charge on any atom is 0.139 e. The molecule has 1 aromatic carbocycles. The van der Waals surface area contributed by atoms with Gasteiger partial charge in [0.25, 0.3) is 0 Å². The summed E-state index contributed by atoms with van der Waals surface area (Å²) in [6.45, 7) is 5.39. The van der Waals surface area contributed by atoms with E-state index in [2.05, 4.69) is 37.9 Å². The van der Waals surface area contributed by atoms with Gasteiger partial charge in [-0.3, -0.25) is 4.79 Å². The summed E-state index contributed by atoms with van der Waals surface area (Å²) < 4.78 is 13.3. The fourth-order valence-electron chi connectivity index (χ4n) is 8.62. The second kappa shape index (κ2) is 5.64. The second-order valence-corrected chi connectivity index (χ2v) is 10.5. The molecule has 29 heavy (non-hydrogen) atoms. The van der Waals surface area contributed by atoms with E-state index in [0.29, 0.717) is 18.2 Å². The molecular weight excluding hydrogens is 362 g/mol. The fraction of sp³-hybridized carbons (Fsp3) is 0.720. The number of fused-ring (bicyclic) bond motifs is 2. The van der Waals surface area contributed by atoms with Crippen LogP contribution in [0.25, 0.3) is 0 Å². The van der Waals surface area contributed by atoms with E-state index in [4.69, 9.17) is 9.47 Å². The van der Waals surface area contributed by atoms with E-state index in [-0.39, 0.29) is 22.9 Å². The first-order valence-corrected chi connectivity index (χ1v) is 11.5. The predicted molar refractivity (Wildman–Crippen MR) is 111 cm³/mol. The van der Waals surface area contributed by atoms with Crippen LogP contribution >= 0.6 is 0 Å². The van der Waals surface area contributed by atoms with Gasteiger partial charge in [-0.1, -0.05) is 19.1 Å². The number of piperidine rings is 1. The zero-order chi connectivity index (χ0) is 20.2. The molecule has 1 saturated heterocycles. The Morgan fingerprint density at radius 3 is 2.90 bits per heavy atom. The number of Topliss-reactive ketones (excluding diaryl/α,β-unsaturated/α-hetero) is 1. The van der Waals surface area contributed by atoms with E-state index in [9.17, 15) is 4.79 Å². The van der Waals surface area contributed by atoms with Gasteiger partial charge in [-0.05, 0) is 70.2 Å². The molecular formula is C25H33NO3. The number of carbonyl (C=O) groups excluding carboxylic acids is 1. The Morgan fingerprint density at radius 1 is 1.31 bits per heavy atom. The Hall–Kier alpha value is -1.39. The Morgan fingerprint density at radius 2 is 2.14 bits per heavy atom. The topological polar surface area (TPSA) is 38.8 Å². The van der Waals surface area contributed by atoms with Gasteiger partial charge in [-0.2, -0.15) is 0 Å². The average Bonchev–Trinajstić information content (AvgIpc) is 3.09. The molecule has 6 aliphatic rings. The number of aryl methyl sites for hydroxylation is 1. The highest BCUT2D eigenvalue weighted by Gasteiger charge is 2.80. The minimum absolute atomic E-state index is 0.0103. The van der Waals surface area contributed by atoms with Crippen LogP contribution < -0.4 is 4.74 Å². The van der Waals surface area contributed by atoms with Crippen LogP contribution in [0.3, 0.4) is 0 Å². The number of hydrogen-bond donors (Lipinski definition) is 0. The van der Waals surface area contributed by atoms with Crippen molar-refractivity contribution in [3.05, 3.63) is 28.8 Å². The van der Waals surface area contributed by atoms with Gasteiger partial charge in [-0.15, -0.1) is 0 Å². The Balaban J connectivity index is 1.64. The van der Waals surface area contributed by atoms with E-state index < -0.39 is 5.60 Å². The van der Waals surface area contributed by atoms with Crippen molar-refractivity contribution < 1.29 is 14.3 Å². The molecule has 156 valence electrons. The van der Waals surface area contributed by atoms with Gasteiger partial charge < -0.3 is 14.4 Å². The Kier molecular flexibility index (Phi) is 3.58.